The van der Waals surface area contributed by atoms with Gasteiger partial charge in [-0.15, -0.1) is 12.4 Å². The van der Waals surface area contributed by atoms with Crippen molar-refractivity contribution in [2.75, 3.05) is 7.11 Å². The summed E-state index contributed by atoms with van der Waals surface area (Å²) in [6.45, 7) is 0. The van der Waals surface area contributed by atoms with E-state index in [0.717, 1.165) is 36.3 Å². The second kappa shape index (κ2) is 9.78. The zero-order valence-electron chi connectivity index (χ0n) is 17.7. The third-order valence-corrected chi connectivity index (χ3v) is 6.22. The summed E-state index contributed by atoms with van der Waals surface area (Å²) in [6.07, 6.45) is 5.23. The van der Waals surface area contributed by atoms with Crippen molar-refractivity contribution < 1.29 is 4.74 Å². The molecular weight excluding hydrogens is 390 g/mol. The molecule has 1 aliphatic carbocycles. The Hall–Kier alpha value is -2.13. The lowest BCUT2D eigenvalue weighted by Crippen LogP contribution is -2.50. The van der Waals surface area contributed by atoms with Crippen LogP contribution in [0.15, 0.2) is 91.0 Å². The van der Waals surface area contributed by atoms with E-state index in [0.29, 0.717) is 0 Å². The Kier molecular flexibility index (Phi) is 7.36. The fraction of sp³-hybridized carbons (Fsp3) is 0.333. The lowest BCUT2D eigenvalue weighted by atomic mass is 9.72. The van der Waals surface area contributed by atoms with Crippen LogP contribution in [0.4, 0.5) is 0 Å². The summed E-state index contributed by atoms with van der Waals surface area (Å²) >= 11 is 0. The normalized spacial score (nSPS) is 15.8. The molecule has 0 amide bonds. The van der Waals surface area contributed by atoms with Gasteiger partial charge in [0.1, 0.15) is 5.60 Å². The molecule has 1 saturated carbocycles. The number of hydrogen-bond acceptors (Lipinski definition) is 2. The van der Waals surface area contributed by atoms with Gasteiger partial charge >= 0.3 is 0 Å². The van der Waals surface area contributed by atoms with Crippen molar-refractivity contribution in [2.24, 2.45) is 11.7 Å². The minimum absolute atomic E-state index is 0. The van der Waals surface area contributed by atoms with Crippen LogP contribution in [0.1, 0.15) is 42.4 Å². The van der Waals surface area contributed by atoms with E-state index in [2.05, 4.69) is 91.0 Å². The summed E-state index contributed by atoms with van der Waals surface area (Å²) in [5.74, 6) is 0.741. The fourth-order valence-corrected chi connectivity index (χ4v) is 4.70. The monoisotopic (exact) mass is 421 g/mol. The van der Waals surface area contributed by atoms with Crippen LogP contribution in [0.25, 0.3) is 0 Å². The largest absolute Gasteiger partial charge is 0.369 e. The van der Waals surface area contributed by atoms with Gasteiger partial charge in [-0.3, -0.25) is 0 Å². The molecule has 158 valence electrons. The minimum atomic E-state index is -0.569. The second-order valence-corrected chi connectivity index (χ2v) is 8.61. The van der Waals surface area contributed by atoms with Crippen LogP contribution in [0.2, 0.25) is 0 Å². The molecule has 1 aliphatic rings. The number of halogens is 1. The summed E-state index contributed by atoms with van der Waals surface area (Å²) in [6, 6.07) is 31.8. The first-order valence-corrected chi connectivity index (χ1v) is 10.6. The maximum Gasteiger partial charge on any atom is 0.119 e. The zero-order chi connectivity index (χ0) is 20.2. The van der Waals surface area contributed by atoms with Crippen molar-refractivity contribution in [1.82, 2.24) is 0 Å². The highest BCUT2D eigenvalue weighted by Gasteiger charge is 2.44. The summed E-state index contributed by atoms with van der Waals surface area (Å²) in [5.41, 5.74) is 9.93. The van der Waals surface area contributed by atoms with Crippen LogP contribution < -0.4 is 5.73 Å². The van der Waals surface area contributed by atoms with Gasteiger partial charge in [0.2, 0.25) is 0 Å². The molecule has 0 saturated heterocycles. The van der Waals surface area contributed by atoms with Gasteiger partial charge in [-0.05, 0) is 35.4 Å². The smallest absolute Gasteiger partial charge is 0.119 e. The van der Waals surface area contributed by atoms with Gasteiger partial charge in [0.25, 0.3) is 0 Å². The molecule has 3 aromatic carbocycles. The highest BCUT2D eigenvalue weighted by atomic mass is 35.5. The molecule has 30 heavy (non-hydrogen) atoms. The van der Waals surface area contributed by atoms with Crippen LogP contribution in [0, 0.1) is 5.92 Å². The van der Waals surface area contributed by atoms with Gasteiger partial charge in [0, 0.05) is 19.1 Å². The standard InChI is InChI=1S/C27H31NO.ClH/c1-29-27(24-13-7-3-8-14-24,25-15-9-4-10-16-25)21-26(28,20-23-17-18-23)19-22-11-5-2-6-12-22;/h2-16,23H,17-21,28H2,1H3;1H. The van der Waals surface area contributed by atoms with E-state index in [1.807, 2.05) is 7.11 Å². The molecule has 0 radical (unpaired) electrons. The Labute approximate surface area is 186 Å². The Morgan fingerprint density at radius 1 is 0.800 bits per heavy atom. The second-order valence-electron chi connectivity index (χ2n) is 8.61. The van der Waals surface area contributed by atoms with E-state index in [9.17, 15) is 0 Å². The average molecular weight is 422 g/mol. The molecule has 3 aromatic rings. The van der Waals surface area contributed by atoms with Crippen molar-refractivity contribution in [3.05, 3.63) is 108 Å². The van der Waals surface area contributed by atoms with E-state index in [-0.39, 0.29) is 17.9 Å². The lowest BCUT2D eigenvalue weighted by Gasteiger charge is -2.42. The summed E-state index contributed by atoms with van der Waals surface area (Å²) < 4.78 is 6.37. The van der Waals surface area contributed by atoms with Crippen molar-refractivity contribution in [3.8, 4) is 0 Å². The molecule has 0 heterocycles. The molecule has 1 atom stereocenters. The first kappa shape index (κ1) is 22.6. The van der Waals surface area contributed by atoms with Crippen LogP contribution >= 0.6 is 12.4 Å². The van der Waals surface area contributed by atoms with Crippen LogP contribution in [0.5, 0.6) is 0 Å². The number of benzene rings is 3. The molecule has 3 heteroatoms. The number of rotatable bonds is 9. The quantitative estimate of drug-likeness (QED) is 0.451. The third-order valence-electron chi connectivity index (χ3n) is 6.22. The average Bonchev–Trinajstić information content (AvgIpc) is 3.57. The van der Waals surface area contributed by atoms with Gasteiger partial charge in [0.15, 0.2) is 0 Å². The number of ether oxygens (including phenoxy) is 1. The van der Waals surface area contributed by atoms with E-state index in [4.69, 9.17) is 10.5 Å². The Morgan fingerprint density at radius 2 is 1.27 bits per heavy atom. The van der Waals surface area contributed by atoms with Gasteiger partial charge in [-0.1, -0.05) is 104 Å². The third kappa shape index (κ3) is 5.13. The fourth-order valence-electron chi connectivity index (χ4n) is 4.70. The molecule has 2 N–H and O–H groups in total. The van der Waals surface area contributed by atoms with E-state index in [1.54, 1.807) is 0 Å². The van der Waals surface area contributed by atoms with Gasteiger partial charge in [-0.2, -0.15) is 0 Å². The first-order valence-electron chi connectivity index (χ1n) is 10.6. The molecule has 1 unspecified atom stereocenters. The van der Waals surface area contributed by atoms with E-state index < -0.39 is 5.60 Å². The Morgan fingerprint density at radius 3 is 1.70 bits per heavy atom. The van der Waals surface area contributed by atoms with Crippen molar-refractivity contribution in [1.29, 1.82) is 0 Å². The summed E-state index contributed by atoms with van der Waals surface area (Å²) in [4.78, 5) is 0. The van der Waals surface area contributed by atoms with Crippen molar-refractivity contribution in [2.45, 2.75) is 43.2 Å². The summed E-state index contributed by atoms with van der Waals surface area (Å²) in [5, 5.41) is 0. The Balaban J connectivity index is 0.00000256. The molecule has 0 spiro atoms. The number of methoxy groups -OCH3 is 1. The predicted molar refractivity (Wildman–Crippen MR) is 127 cm³/mol. The molecule has 0 bridgehead atoms. The van der Waals surface area contributed by atoms with Crippen LogP contribution in [-0.2, 0) is 16.8 Å². The van der Waals surface area contributed by atoms with Gasteiger partial charge in [-0.25, -0.2) is 0 Å². The first-order chi connectivity index (χ1) is 14.1. The zero-order valence-corrected chi connectivity index (χ0v) is 18.5. The van der Waals surface area contributed by atoms with Crippen molar-refractivity contribution >= 4 is 12.4 Å². The highest BCUT2D eigenvalue weighted by Crippen LogP contribution is 2.45. The number of hydrogen-bond donors (Lipinski definition) is 1. The maximum absolute atomic E-state index is 7.23. The van der Waals surface area contributed by atoms with Crippen LogP contribution in [-0.4, -0.2) is 12.6 Å². The molecule has 2 nitrogen and oxygen atoms in total. The van der Waals surface area contributed by atoms with E-state index >= 15 is 0 Å². The topological polar surface area (TPSA) is 35.2 Å². The Bertz CT molecular complexity index is 856. The molecule has 4 rings (SSSR count). The molecule has 0 aromatic heterocycles. The molecular formula is C27H32ClNO. The van der Waals surface area contributed by atoms with E-state index in [1.165, 1.54) is 18.4 Å². The highest BCUT2D eigenvalue weighted by molar-refractivity contribution is 5.85. The van der Waals surface area contributed by atoms with Crippen molar-refractivity contribution in [3.63, 3.8) is 0 Å². The predicted octanol–water partition coefficient (Wildman–Crippen LogP) is 6.13. The molecule has 1 fully saturated rings. The van der Waals surface area contributed by atoms with Crippen LogP contribution in [0.3, 0.4) is 0 Å². The summed E-state index contributed by atoms with van der Waals surface area (Å²) in [7, 11) is 1.82. The molecule has 0 aliphatic heterocycles. The number of nitrogens with two attached hydrogens (primary N) is 1. The maximum atomic E-state index is 7.23. The van der Waals surface area contributed by atoms with Gasteiger partial charge < -0.3 is 10.5 Å². The minimum Gasteiger partial charge on any atom is -0.369 e. The lowest BCUT2D eigenvalue weighted by molar-refractivity contribution is -0.00667. The SMILES string of the molecule is COC(CC(N)(Cc1ccccc1)CC1CC1)(c1ccccc1)c1ccccc1.Cl. The van der Waals surface area contributed by atoms with Gasteiger partial charge in [0.05, 0.1) is 0 Å².